The Morgan fingerprint density at radius 2 is 2.62 bits per heavy atom. The molecule has 8 heavy (non-hydrogen) atoms. The number of rotatable bonds is 1. The van der Waals surface area contributed by atoms with E-state index in [9.17, 15) is 0 Å². The summed E-state index contributed by atoms with van der Waals surface area (Å²) in [6, 6.07) is 0. The lowest BCUT2D eigenvalue weighted by molar-refractivity contribution is 1.44. The number of nitriles is 1. The fourth-order valence-corrected chi connectivity index (χ4v) is 0.921. The highest BCUT2D eigenvalue weighted by atomic mass is 32.2. The molecule has 0 aromatic rings. The predicted octanol–water partition coefficient (Wildman–Crippen LogP) is 1.16. The number of hydrogen-bond acceptors (Lipinski definition) is 4. The van der Waals surface area contributed by atoms with Crippen molar-refractivity contribution in [2.45, 2.75) is 0 Å². The minimum Gasteiger partial charge on any atom is -0.172 e. The van der Waals surface area contributed by atoms with E-state index in [1.807, 2.05) is 6.26 Å². The van der Waals surface area contributed by atoms with Crippen LogP contribution < -0.4 is 0 Å². The van der Waals surface area contributed by atoms with Crippen molar-refractivity contribution >= 4 is 29.4 Å². The van der Waals surface area contributed by atoms with Gasteiger partial charge in [0.1, 0.15) is 0 Å². The van der Waals surface area contributed by atoms with Crippen molar-refractivity contribution in [3.63, 3.8) is 0 Å². The molecule has 0 aliphatic rings. The van der Waals surface area contributed by atoms with Crippen LogP contribution in [0.4, 0.5) is 0 Å². The van der Waals surface area contributed by atoms with Gasteiger partial charge in [0, 0.05) is 5.75 Å². The van der Waals surface area contributed by atoms with Gasteiger partial charge in [-0.1, -0.05) is 0 Å². The number of nitrogens with zero attached hydrogens (tertiary/aromatic N) is 2. The molecule has 0 aliphatic carbocycles. The van der Waals surface area contributed by atoms with Gasteiger partial charge in [-0.2, -0.15) is 22.9 Å². The van der Waals surface area contributed by atoms with Gasteiger partial charge in [-0.25, -0.2) is 0 Å². The van der Waals surface area contributed by atoms with E-state index < -0.39 is 0 Å². The molecule has 0 spiro atoms. The van der Waals surface area contributed by atoms with Gasteiger partial charge < -0.3 is 0 Å². The molecule has 44 valence electrons. The minimum absolute atomic E-state index is 0.550. The summed E-state index contributed by atoms with van der Waals surface area (Å²) in [4.78, 5) is 3.47. The molecule has 0 fully saturated rings. The van der Waals surface area contributed by atoms with Crippen molar-refractivity contribution in [3.05, 3.63) is 0 Å². The molecule has 0 saturated carbocycles. The van der Waals surface area contributed by atoms with Crippen LogP contribution in [0.25, 0.3) is 0 Å². The SMILES string of the molecule is CS/C(CS)=N\C#N. The lowest BCUT2D eigenvalue weighted by Crippen LogP contribution is -1.89. The Hall–Kier alpha value is -0.140. The van der Waals surface area contributed by atoms with Gasteiger partial charge in [0.05, 0.1) is 5.04 Å². The molecular weight excluding hydrogens is 140 g/mol. The molecule has 0 saturated heterocycles. The second kappa shape index (κ2) is 5.01. The largest absolute Gasteiger partial charge is 0.206 e. The van der Waals surface area contributed by atoms with Gasteiger partial charge >= 0.3 is 0 Å². The number of thioether (sulfide) groups is 1. The third kappa shape index (κ3) is 2.94. The van der Waals surface area contributed by atoms with Gasteiger partial charge in [0.2, 0.25) is 6.19 Å². The first-order valence-electron chi connectivity index (χ1n) is 1.95. The summed E-state index contributed by atoms with van der Waals surface area (Å²) in [5, 5.41) is 8.77. The highest BCUT2D eigenvalue weighted by molar-refractivity contribution is 8.14. The molecule has 0 aliphatic heterocycles. The minimum atomic E-state index is 0.550. The first-order valence-corrected chi connectivity index (χ1v) is 3.81. The van der Waals surface area contributed by atoms with Gasteiger partial charge in [0.25, 0.3) is 0 Å². The summed E-state index contributed by atoms with van der Waals surface area (Å²) in [6.45, 7) is 0. The van der Waals surface area contributed by atoms with Crippen LogP contribution in [0, 0.1) is 11.5 Å². The average molecular weight is 146 g/mol. The van der Waals surface area contributed by atoms with Crippen LogP contribution in [-0.2, 0) is 0 Å². The van der Waals surface area contributed by atoms with Gasteiger partial charge in [-0.05, 0) is 6.26 Å². The topological polar surface area (TPSA) is 36.1 Å². The van der Waals surface area contributed by atoms with E-state index in [0.717, 1.165) is 5.04 Å². The van der Waals surface area contributed by atoms with Crippen molar-refractivity contribution in [1.29, 1.82) is 5.26 Å². The summed E-state index contributed by atoms with van der Waals surface area (Å²) in [5.74, 6) is 0.550. The highest BCUT2D eigenvalue weighted by Gasteiger charge is 1.88. The third-order valence-electron chi connectivity index (χ3n) is 0.546. The standard InChI is InChI=1S/C4H6N2S2/c1-8-4(2-7)6-3-5/h7H,2H2,1H3/b6-4-. The predicted molar refractivity (Wildman–Crippen MR) is 40.4 cm³/mol. The van der Waals surface area contributed by atoms with Crippen molar-refractivity contribution < 1.29 is 0 Å². The molecule has 0 radical (unpaired) electrons. The molecule has 0 rings (SSSR count). The Bertz CT molecular complexity index is 118. The Morgan fingerprint density at radius 1 is 2.00 bits per heavy atom. The maximum Gasteiger partial charge on any atom is 0.206 e. The summed E-state index contributed by atoms with van der Waals surface area (Å²) in [6.07, 6.45) is 3.56. The average Bonchev–Trinajstić information content (AvgIpc) is 1.83. The van der Waals surface area contributed by atoms with Crippen LogP contribution in [-0.4, -0.2) is 17.1 Å². The van der Waals surface area contributed by atoms with Crippen molar-refractivity contribution in [3.8, 4) is 6.19 Å². The van der Waals surface area contributed by atoms with E-state index in [4.69, 9.17) is 5.26 Å². The molecular formula is C4H6N2S2. The zero-order valence-corrected chi connectivity index (χ0v) is 6.17. The Morgan fingerprint density at radius 3 is 2.75 bits per heavy atom. The van der Waals surface area contributed by atoms with E-state index >= 15 is 0 Å². The van der Waals surface area contributed by atoms with Crippen molar-refractivity contribution in [2.24, 2.45) is 4.99 Å². The van der Waals surface area contributed by atoms with E-state index in [1.54, 1.807) is 6.19 Å². The first kappa shape index (κ1) is 7.86. The second-order valence-electron chi connectivity index (χ2n) is 0.968. The Labute approximate surface area is 58.4 Å². The van der Waals surface area contributed by atoms with Crippen LogP contribution in [0.5, 0.6) is 0 Å². The molecule has 0 aromatic carbocycles. The molecule has 0 unspecified atom stereocenters. The summed E-state index contributed by atoms with van der Waals surface area (Å²) in [5.41, 5.74) is 0. The monoisotopic (exact) mass is 146 g/mol. The summed E-state index contributed by atoms with van der Waals surface area (Å²) < 4.78 is 0. The third-order valence-corrected chi connectivity index (χ3v) is 1.77. The molecule has 0 bridgehead atoms. The van der Waals surface area contributed by atoms with Crippen LogP contribution in [0.15, 0.2) is 4.99 Å². The molecule has 0 aromatic heterocycles. The van der Waals surface area contributed by atoms with Gasteiger partial charge in [0.15, 0.2) is 0 Å². The lowest BCUT2D eigenvalue weighted by atomic mass is 10.8. The molecule has 0 heterocycles. The molecule has 4 heteroatoms. The fourth-order valence-electron chi connectivity index (χ4n) is 0.201. The second-order valence-corrected chi connectivity index (χ2v) is 2.16. The van der Waals surface area contributed by atoms with Crippen molar-refractivity contribution in [1.82, 2.24) is 0 Å². The zero-order chi connectivity index (χ0) is 6.41. The van der Waals surface area contributed by atoms with Crippen LogP contribution in [0.1, 0.15) is 0 Å². The quantitative estimate of drug-likeness (QED) is 0.261. The van der Waals surface area contributed by atoms with E-state index in [-0.39, 0.29) is 0 Å². The normalized spacial score (nSPS) is 10.9. The van der Waals surface area contributed by atoms with E-state index in [0.29, 0.717) is 5.75 Å². The maximum absolute atomic E-state index is 8.01. The highest BCUT2D eigenvalue weighted by Crippen LogP contribution is 1.98. The molecule has 0 atom stereocenters. The van der Waals surface area contributed by atoms with Crippen LogP contribution in [0.3, 0.4) is 0 Å². The van der Waals surface area contributed by atoms with Crippen LogP contribution >= 0.6 is 24.4 Å². The fraction of sp³-hybridized carbons (Fsp3) is 0.500. The molecule has 2 nitrogen and oxygen atoms in total. The Kier molecular flexibility index (Phi) is 4.92. The van der Waals surface area contributed by atoms with E-state index in [1.165, 1.54) is 11.8 Å². The van der Waals surface area contributed by atoms with Gasteiger partial charge in [-0.15, -0.1) is 11.8 Å². The number of thiol groups is 1. The number of hydrogen-bond donors (Lipinski definition) is 1. The zero-order valence-electron chi connectivity index (χ0n) is 4.46. The first-order chi connectivity index (χ1) is 3.85. The molecule has 0 amide bonds. The maximum atomic E-state index is 8.01. The Balaban J connectivity index is 3.72. The molecule has 0 N–H and O–H groups in total. The lowest BCUT2D eigenvalue weighted by Gasteiger charge is -1.88. The van der Waals surface area contributed by atoms with Gasteiger partial charge in [-0.3, -0.25) is 0 Å². The van der Waals surface area contributed by atoms with Crippen LogP contribution in [0.2, 0.25) is 0 Å². The number of aliphatic imine (C=N–C) groups is 1. The summed E-state index contributed by atoms with van der Waals surface area (Å²) in [7, 11) is 0. The van der Waals surface area contributed by atoms with E-state index in [2.05, 4.69) is 17.6 Å². The smallest absolute Gasteiger partial charge is 0.172 e. The van der Waals surface area contributed by atoms with Crippen molar-refractivity contribution in [2.75, 3.05) is 12.0 Å². The summed E-state index contributed by atoms with van der Waals surface area (Å²) >= 11 is 5.37.